The van der Waals surface area contributed by atoms with Crippen LogP contribution in [-0.2, 0) is 10.8 Å². The van der Waals surface area contributed by atoms with Crippen LogP contribution in [0.15, 0.2) is 158 Å². The molecule has 7 aliphatic rings. The molecule has 0 N–H and O–H groups in total. The first-order chi connectivity index (χ1) is 34.2. The number of benzene rings is 8. The molecule has 15 rings (SSSR count). The SMILES string of the molecule is CC(C)(C)c1cc2cc(c1)-c1ccc(cc1)Oc1cc(c([N+](=O)[O-])cc1[N+](=O)[O-])Oc1ccc(cc1)-c1cc(cc(C(C)(C)C)c1)-c1ccc(cc1)Oc1cc(c([N+](=O)[O-])cc1[N+](=O)[O-])Oc1ccc-2cc1. The van der Waals surface area contributed by atoms with Gasteiger partial charge < -0.3 is 18.9 Å². The maximum Gasteiger partial charge on any atom is 0.318 e. The van der Waals surface area contributed by atoms with E-state index < -0.39 is 42.4 Å². The molecule has 0 amide bonds. The molecule has 0 aromatic heterocycles. The fourth-order valence-corrected chi connectivity index (χ4v) is 8.13. The third-order valence-corrected chi connectivity index (χ3v) is 12.1. The van der Waals surface area contributed by atoms with Gasteiger partial charge in [0.25, 0.3) is 0 Å². The summed E-state index contributed by atoms with van der Waals surface area (Å²) >= 11 is 0. The van der Waals surface area contributed by atoms with Crippen molar-refractivity contribution in [3.8, 4) is 90.5 Å². The molecule has 72 heavy (non-hydrogen) atoms. The zero-order chi connectivity index (χ0) is 51.2. The first-order valence-corrected chi connectivity index (χ1v) is 22.5. The first-order valence-electron chi connectivity index (χ1n) is 22.5. The fraction of sp³-hybridized carbons (Fsp3) is 0.143. The van der Waals surface area contributed by atoms with Crippen LogP contribution in [0.1, 0.15) is 52.7 Å². The van der Waals surface area contributed by atoms with Gasteiger partial charge in [-0.15, -0.1) is 0 Å². The molecule has 7 aliphatic heterocycles. The van der Waals surface area contributed by atoms with Gasteiger partial charge in [0, 0.05) is 12.1 Å². The van der Waals surface area contributed by atoms with Crippen molar-refractivity contribution in [1.29, 1.82) is 0 Å². The average Bonchev–Trinajstić information content (AvgIpc) is 3.33. The Morgan fingerprint density at radius 2 is 0.500 bits per heavy atom. The lowest BCUT2D eigenvalue weighted by Gasteiger charge is -2.22. The van der Waals surface area contributed by atoms with Crippen LogP contribution in [0.3, 0.4) is 0 Å². The second-order valence-corrected chi connectivity index (χ2v) is 19.2. The van der Waals surface area contributed by atoms with Crippen LogP contribution < -0.4 is 18.9 Å². The Labute approximate surface area is 412 Å². The average molecular weight is 965 g/mol. The van der Waals surface area contributed by atoms with Crippen molar-refractivity contribution < 1.29 is 38.6 Å². The van der Waals surface area contributed by atoms with Crippen LogP contribution in [0.5, 0.6) is 46.0 Å². The van der Waals surface area contributed by atoms with E-state index in [0.717, 1.165) is 79.9 Å². The molecule has 0 unspecified atom stereocenters. The van der Waals surface area contributed by atoms with Gasteiger partial charge in [-0.25, -0.2) is 0 Å². The lowest BCUT2D eigenvalue weighted by molar-refractivity contribution is -0.395. The van der Waals surface area contributed by atoms with Crippen molar-refractivity contribution in [3.63, 3.8) is 0 Å². The minimum atomic E-state index is -0.750. The van der Waals surface area contributed by atoms with E-state index in [1.165, 1.54) is 0 Å². The van der Waals surface area contributed by atoms with E-state index in [9.17, 15) is 40.5 Å². The maximum atomic E-state index is 12.3. The van der Waals surface area contributed by atoms with Gasteiger partial charge in [0.05, 0.1) is 19.7 Å². The molecule has 0 fully saturated rings. The quantitative estimate of drug-likeness (QED) is 0.119. The zero-order valence-electron chi connectivity index (χ0n) is 39.7. The lowest BCUT2D eigenvalue weighted by atomic mass is 9.83. The predicted molar refractivity (Wildman–Crippen MR) is 272 cm³/mol. The molecule has 0 aliphatic carbocycles. The molecule has 360 valence electrons. The summed E-state index contributed by atoms with van der Waals surface area (Å²) in [6, 6.07) is 43.6. The smallest absolute Gasteiger partial charge is 0.318 e. The van der Waals surface area contributed by atoms with Gasteiger partial charge in [0.15, 0.2) is 0 Å². The fourth-order valence-electron chi connectivity index (χ4n) is 8.13. The highest BCUT2D eigenvalue weighted by atomic mass is 16.6. The van der Waals surface area contributed by atoms with Crippen LogP contribution in [0.4, 0.5) is 22.7 Å². The zero-order valence-corrected chi connectivity index (χ0v) is 39.7. The third-order valence-electron chi connectivity index (χ3n) is 12.1. The summed E-state index contributed by atoms with van der Waals surface area (Å²) in [6.45, 7) is 12.5. The summed E-state index contributed by atoms with van der Waals surface area (Å²) in [5, 5.41) is 49.3. The molecule has 8 aromatic rings. The molecule has 16 nitrogen and oxygen atoms in total. The molecular formula is C56H44N4O12. The Bertz CT molecular complexity index is 3040. The molecule has 16 heteroatoms. The summed E-state index contributed by atoms with van der Waals surface area (Å²) in [6.07, 6.45) is 0. The Hall–Kier alpha value is -9.44. The highest BCUT2D eigenvalue weighted by Gasteiger charge is 2.30. The van der Waals surface area contributed by atoms with Gasteiger partial charge in [0.1, 0.15) is 35.1 Å². The van der Waals surface area contributed by atoms with Crippen LogP contribution in [0.2, 0.25) is 0 Å². The van der Waals surface area contributed by atoms with E-state index in [4.69, 9.17) is 18.9 Å². The number of nitrogens with zero attached hydrogens (tertiary/aromatic N) is 4. The minimum absolute atomic E-state index is 0.222. The van der Waals surface area contributed by atoms with Crippen molar-refractivity contribution in [3.05, 3.63) is 209 Å². The highest BCUT2D eigenvalue weighted by molar-refractivity contribution is 5.77. The number of hydrogen-bond acceptors (Lipinski definition) is 12. The van der Waals surface area contributed by atoms with Crippen molar-refractivity contribution in [2.45, 2.75) is 52.4 Å². The molecule has 0 saturated carbocycles. The molecule has 0 saturated heterocycles. The number of hydrogen-bond donors (Lipinski definition) is 0. The summed E-state index contributed by atoms with van der Waals surface area (Å²) in [4.78, 5) is 46.3. The highest BCUT2D eigenvalue weighted by Crippen LogP contribution is 2.46. The first kappa shape index (κ1) is 47.6. The van der Waals surface area contributed by atoms with Gasteiger partial charge in [-0.05, 0) is 127 Å². The Morgan fingerprint density at radius 1 is 0.292 bits per heavy atom. The van der Waals surface area contributed by atoms with Crippen LogP contribution >= 0.6 is 0 Å². The van der Waals surface area contributed by atoms with E-state index in [-0.39, 0.29) is 56.8 Å². The van der Waals surface area contributed by atoms with Gasteiger partial charge in [-0.2, -0.15) is 0 Å². The summed E-state index contributed by atoms with van der Waals surface area (Å²) in [5.74, 6) is -0.186. The van der Waals surface area contributed by atoms with Gasteiger partial charge in [0.2, 0.25) is 23.0 Å². The van der Waals surface area contributed by atoms with Crippen molar-refractivity contribution in [1.82, 2.24) is 0 Å². The van der Waals surface area contributed by atoms with E-state index in [1.54, 1.807) is 97.1 Å². The topological polar surface area (TPSA) is 209 Å². The van der Waals surface area contributed by atoms with E-state index >= 15 is 0 Å². The monoisotopic (exact) mass is 964 g/mol. The standard InChI is InChI=1S/C56H44N4O12/c1-55(2,3)41-25-37-23-38(26-41)34-9-17-44(18-10-34)70-52-32-54(50(60(67)68)30-48(52)58(63)64)72-46-21-13-36(14-22-46)40-24-39(27-42(28-40)56(4,5)6)35-11-19-45(20-12-35)71-53-31-51(69-43-15-7-33(37)8-16-43)47(57(61)62)29-49(53)59(65)66/h7-32H,1-6H3. The molecule has 7 heterocycles. The normalized spacial score (nSPS) is 12.1. The summed E-state index contributed by atoms with van der Waals surface area (Å²) in [5.41, 5.74) is 5.40. The van der Waals surface area contributed by atoms with Gasteiger partial charge in [-0.1, -0.05) is 114 Å². The van der Waals surface area contributed by atoms with E-state index in [0.29, 0.717) is 0 Å². The van der Waals surface area contributed by atoms with Gasteiger partial charge in [-0.3, -0.25) is 40.5 Å². The number of nitro benzene ring substituents is 4. The number of ether oxygens (including phenoxy) is 4. The summed E-state index contributed by atoms with van der Waals surface area (Å²) in [7, 11) is 0. The van der Waals surface area contributed by atoms with Crippen LogP contribution in [-0.4, -0.2) is 19.7 Å². The number of nitro groups is 4. The van der Waals surface area contributed by atoms with Crippen molar-refractivity contribution >= 4 is 22.7 Å². The predicted octanol–water partition coefficient (Wildman–Crippen LogP) is 16.1. The minimum Gasteiger partial charge on any atom is -0.450 e. The molecular weight excluding hydrogens is 921 g/mol. The Morgan fingerprint density at radius 3 is 0.681 bits per heavy atom. The third kappa shape index (κ3) is 10.0. The second kappa shape index (κ2) is 18.5. The van der Waals surface area contributed by atoms with E-state index in [2.05, 4.69) is 65.8 Å². The lowest BCUT2D eigenvalue weighted by Crippen LogP contribution is -2.11. The molecule has 0 atom stereocenters. The Balaban J connectivity index is 1.19. The Kier molecular flexibility index (Phi) is 12.2. The largest absolute Gasteiger partial charge is 0.450 e. The van der Waals surface area contributed by atoms with Crippen molar-refractivity contribution in [2.24, 2.45) is 0 Å². The van der Waals surface area contributed by atoms with Gasteiger partial charge >= 0.3 is 22.7 Å². The number of rotatable bonds is 4. The molecule has 8 aromatic carbocycles. The molecule has 16 bridgehead atoms. The van der Waals surface area contributed by atoms with Crippen LogP contribution in [0, 0.1) is 40.5 Å². The summed E-state index contributed by atoms with van der Waals surface area (Å²) < 4.78 is 24.3. The van der Waals surface area contributed by atoms with E-state index in [1.807, 2.05) is 12.1 Å². The van der Waals surface area contributed by atoms with Crippen molar-refractivity contribution in [2.75, 3.05) is 0 Å². The second-order valence-electron chi connectivity index (χ2n) is 19.2. The van der Waals surface area contributed by atoms with Crippen LogP contribution in [0.25, 0.3) is 44.5 Å². The molecule has 0 radical (unpaired) electrons. The molecule has 0 spiro atoms. The maximum absolute atomic E-state index is 12.3.